The highest BCUT2D eigenvalue weighted by atomic mass is 16.6. The van der Waals surface area contributed by atoms with Gasteiger partial charge in [-0.05, 0) is 6.42 Å². The molecule has 144 valence electrons. The molecule has 1 unspecified atom stereocenters. The van der Waals surface area contributed by atoms with Crippen LogP contribution in [0.25, 0.3) is 0 Å². The Bertz CT molecular complexity index is 287. The minimum Gasteiger partial charge on any atom is -0.388 e. The van der Waals surface area contributed by atoms with Crippen molar-refractivity contribution in [3.05, 3.63) is 0 Å². The average Bonchev–Trinajstić information content (AvgIpc) is 2.58. The van der Waals surface area contributed by atoms with E-state index in [9.17, 15) is 15.3 Å². The van der Waals surface area contributed by atoms with E-state index in [2.05, 4.69) is 6.92 Å². The number of unbranched alkanes of at least 4 members (excludes halogenated alkanes) is 11. The Morgan fingerprint density at radius 1 is 0.792 bits per heavy atom. The van der Waals surface area contributed by atoms with E-state index in [1.165, 1.54) is 64.2 Å². The van der Waals surface area contributed by atoms with Gasteiger partial charge in [0.05, 0.1) is 6.61 Å². The Morgan fingerprint density at radius 3 is 1.83 bits per heavy atom. The highest BCUT2D eigenvalue weighted by Gasteiger charge is 2.38. The van der Waals surface area contributed by atoms with E-state index in [0.29, 0.717) is 6.61 Å². The van der Waals surface area contributed by atoms with Crippen LogP contribution >= 0.6 is 0 Å². The number of aliphatic hydroxyl groups excluding tert-OH is 3. The van der Waals surface area contributed by atoms with Crippen LogP contribution < -0.4 is 0 Å². The molecule has 1 rings (SSSR count). The molecule has 0 aliphatic carbocycles. The van der Waals surface area contributed by atoms with Gasteiger partial charge in [0.2, 0.25) is 0 Å². The van der Waals surface area contributed by atoms with Crippen LogP contribution in [0.1, 0.15) is 84.0 Å². The fourth-order valence-corrected chi connectivity index (χ4v) is 3.15. The maximum Gasteiger partial charge on any atom is 0.183 e. The van der Waals surface area contributed by atoms with Crippen molar-refractivity contribution in [1.82, 2.24) is 0 Å². The van der Waals surface area contributed by atoms with E-state index in [0.717, 1.165) is 12.8 Å². The van der Waals surface area contributed by atoms with E-state index < -0.39 is 24.6 Å². The zero-order valence-electron chi connectivity index (χ0n) is 15.4. The predicted octanol–water partition coefficient (Wildman–Crippen LogP) is 3.14. The van der Waals surface area contributed by atoms with Gasteiger partial charge in [0, 0.05) is 6.61 Å². The summed E-state index contributed by atoms with van der Waals surface area (Å²) in [5, 5.41) is 28.9. The maximum absolute atomic E-state index is 9.74. The third-order valence-electron chi connectivity index (χ3n) is 4.75. The lowest BCUT2D eigenvalue weighted by Crippen LogP contribution is -2.54. The SMILES string of the molecule is CCCCCCCCCCCCCCO[C@H]1[C@H](O)COC(O)[C@@H]1O. The molecule has 0 aromatic carbocycles. The van der Waals surface area contributed by atoms with Crippen molar-refractivity contribution in [3.63, 3.8) is 0 Å². The molecule has 1 aliphatic heterocycles. The number of hydrogen-bond acceptors (Lipinski definition) is 5. The van der Waals surface area contributed by atoms with E-state index >= 15 is 0 Å². The third kappa shape index (κ3) is 9.33. The van der Waals surface area contributed by atoms with Gasteiger partial charge in [-0.2, -0.15) is 0 Å². The molecule has 24 heavy (non-hydrogen) atoms. The summed E-state index contributed by atoms with van der Waals surface area (Å²) in [6, 6.07) is 0. The van der Waals surface area contributed by atoms with Gasteiger partial charge >= 0.3 is 0 Å². The average molecular weight is 347 g/mol. The molecule has 1 saturated heterocycles. The summed E-state index contributed by atoms with van der Waals surface area (Å²) in [6.07, 6.45) is 11.3. The van der Waals surface area contributed by atoms with Crippen molar-refractivity contribution in [2.75, 3.05) is 13.2 Å². The summed E-state index contributed by atoms with van der Waals surface area (Å²) < 4.78 is 10.4. The topological polar surface area (TPSA) is 79.2 Å². The zero-order valence-corrected chi connectivity index (χ0v) is 15.4. The summed E-state index contributed by atoms with van der Waals surface area (Å²) in [4.78, 5) is 0. The van der Waals surface area contributed by atoms with Crippen LogP contribution in [0.2, 0.25) is 0 Å². The molecule has 0 amide bonds. The molecular weight excluding hydrogens is 308 g/mol. The fraction of sp³-hybridized carbons (Fsp3) is 1.00. The highest BCUT2D eigenvalue weighted by Crippen LogP contribution is 2.18. The molecule has 0 saturated carbocycles. The molecular formula is C19H38O5. The summed E-state index contributed by atoms with van der Waals surface area (Å²) in [7, 11) is 0. The molecule has 0 aromatic rings. The molecule has 1 heterocycles. The third-order valence-corrected chi connectivity index (χ3v) is 4.75. The van der Waals surface area contributed by atoms with Gasteiger partial charge in [0.25, 0.3) is 0 Å². The van der Waals surface area contributed by atoms with Crippen LogP contribution in [0.5, 0.6) is 0 Å². The monoisotopic (exact) mass is 346 g/mol. The van der Waals surface area contributed by atoms with Crippen molar-refractivity contribution in [1.29, 1.82) is 0 Å². The number of aliphatic hydroxyl groups is 3. The lowest BCUT2D eigenvalue weighted by atomic mass is 10.0. The number of hydrogen-bond donors (Lipinski definition) is 3. The summed E-state index contributed by atoms with van der Waals surface area (Å²) in [5.41, 5.74) is 0. The Kier molecular flexibility index (Phi) is 12.8. The lowest BCUT2D eigenvalue weighted by Gasteiger charge is -2.35. The van der Waals surface area contributed by atoms with Gasteiger partial charge in [-0.3, -0.25) is 0 Å². The minimum atomic E-state index is -1.26. The Balaban J connectivity index is 1.87. The van der Waals surface area contributed by atoms with Gasteiger partial charge < -0.3 is 24.8 Å². The van der Waals surface area contributed by atoms with Gasteiger partial charge in [-0.25, -0.2) is 0 Å². The maximum atomic E-state index is 9.74. The van der Waals surface area contributed by atoms with E-state index in [4.69, 9.17) is 9.47 Å². The molecule has 0 aromatic heterocycles. The molecule has 1 fully saturated rings. The zero-order chi connectivity index (χ0) is 17.6. The predicted molar refractivity (Wildman–Crippen MR) is 94.8 cm³/mol. The Morgan fingerprint density at radius 2 is 1.29 bits per heavy atom. The first-order valence-corrected chi connectivity index (χ1v) is 9.94. The van der Waals surface area contributed by atoms with Gasteiger partial charge in [0.1, 0.15) is 18.3 Å². The molecule has 3 N–H and O–H groups in total. The largest absolute Gasteiger partial charge is 0.388 e. The van der Waals surface area contributed by atoms with E-state index in [1.807, 2.05) is 0 Å². The molecule has 0 radical (unpaired) electrons. The summed E-state index contributed by atoms with van der Waals surface area (Å²) in [6.45, 7) is 2.76. The van der Waals surface area contributed by atoms with Crippen LogP contribution in [0.15, 0.2) is 0 Å². The van der Waals surface area contributed by atoms with Crippen LogP contribution in [0.3, 0.4) is 0 Å². The van der Waals surface area contributed by atoms with Crippen molar-refractivity contribution < 1.29 is 24.8 Å². The second kappa shape index (κ2) is 14.0. The van der Waals surface area contributed by atoms with Crippen molar-refractivity contribution in [2.24, 2.45) is 0 Å². The highest BCUT2D eigenvalue weighted by molar-refractivity contribution is 4.83. The fourth-order valence-electron chi connectivity index (χ4n) is 3.15. The van der Waals surface area contributed by atoms with Crippen LogP contribution in [0.4, 0.5) is 0 Å². The normalized spacial score (nSPS) is 27.5. The summed E-state index contributed by atoms with van der Waals surface area (Å²) in [5.74, 6) is 0. The number of ether oxygens (including phenoxy) is 2. The summed E-state index contributed by atoms with van der Waals surface area (Å²) >= 11 is 0. The van der Waals surface area contributed by atoms with Crippen molar-refractivity contribution in [3.8, 4) is 0 Å². The van der Waals surface area contributed by atoms with Crippen molar-refractivity contribution in [2.45, 2.75) is 109 Å². The van der Waals surface area contributed by atoms with Crippen LogP contribution in [-0.2, 0) is 9.47 Å². The molecule has 0 spiro atoms. The second-order valence-electron chi connectivity index (χ2n) is 7.01. The first kappa shape index (κ1) is 21.8. The Labute approximate surface area is 147 Å². The van der Waals surface area contributed by atoms with E-state index in [1.54, 1.807) is 0 Å². The first-order valence-electron chi connectivity index (χ1n) is 9.94. The minimum absolute atomic E-state index is 0.00133. The Hall–Kier alpha value is -0.200. The second-order valence-corrected chi connectivity index (χ2v) is 7.01. The van der Waals surface area contributed by atoms with Gasteiger partial charge in [0.15, 0.2) is 6.29 Å². The smallest absolute Gasteiger partial charge is 0.183 e. The molecule has 5 nitrogen and oxygen atoms in total. The molecule has 4 atom stereocenters. The standard InChI is InChI=1S/C19H38O5/c1-2-3-4-5-6-7-8-9-10-11-12-13-14-23-18-16(20)15-24-19(22)17(18)21/h16-22H,2-15H2,1H3/t16-,17-,18+,19?/m1/s1. The quantitative estimate of drug-likeness (QED) is 0.421. The first-order chi connectivity index (χ1) is 11.7. The molecule has 1 aliphatic rings. The van der Waals surface area contributed by atoms with Crippen molar-refractivity contribution >= 4 is 0 Å². The number of rotatable bonds is 14. The van der Waals surface area contributed by atoms with Crippen LogP contribution in [-0.4, -0.2) is 53.1 Å². The molecule has 5 heteroatoms. The van der Waals surface area contributed by atoms with Crippen LogP contribution in [0, 0.1) is 0 Å². The van der Waals surface area contributed by atoms with Gasteiger partial charge in [-0.15, -0.1) is 0 Å². The van der Waals surface area contributed by atoms with E-state index in [-0.39, 0.29) is 6.61 Å². The van der Waals surface area contributed by atoms with Gasteiger partial charge in [-0.1, -0.05) is 77.6 Å². The molecule has 0 bridgehead atoms. The lowest BCUT2D eigenvalue weighted by molar-refractivity contribution is -0.262.